The van der Waals surface area contributed by atoms with Gasteiger partial charge in [-0.05, 0) is 30.3 Å². The molecule has 2 aromatic rings. The van der Waals surface area contributed by atoms with Crippen molar-refractivity contribution in [2.24, 2.45) is 0 Å². The average molecular weight is 423 g/mol. The average Bonchev–Trinajstić information content (AvgIpc) is 2.52. The first-order valence-electron chi connectivity index (χ1n) is 6.56. The van der Waals surface area contributed by atoms with E-state index in [2.05, 4.69) is 4.74 Å². The van der Waals surface area contributed by atoms with Crippen LogP contribution in [0.5, 0.6) is 0 Å². The molecule has 0 saturated heterocycles. The molecule has 2 rings (SSSR count). The Hall–Kier alpha value is -1.80. The minimum absolute atomic E-state index is 0.0623. The van der Waals surface area contributed by atoms with Gasteiger partial charge in [0.15, 0.2) is 0 Å². The quantitative estimate of drug-likeness (QED) is 0.761. The molecule has 10 heteroatoms. The molecule has 0 unspecified atom stereocenters. The van der Waals surface area contributed by atoms with Crippen molar-refractivity contribution >= 4 is 56.7 Å². The Morgan fingerprint density at radius 2 is 1.56 bits per heavy atom. The summed E-state index contributed by atoms with van der Waals surface area (Å²) in [6.45, 7) is 0. The van der Waals surface area contributed by atoms with E-state index in [9.17, 15) is 18.0 Å². The third-order valence-electron chi connectivity index (χ3n) is 3.00. The van der Waals surface area contributed by atoms with Gasteiger partial charge in [0.1, 0.15) is 4.90 Å². The predicted octanol–water partition coefficient (Wildman–Crippen LogP) is 3.55. The Labute approximate surface area is 158 Å². The van der Waals surface area contributed by atoms with E-state index in [-0.39, 0.29) is 26.2 Å². The Morgan fingerprint density at radius 1 is 1.00 bits per heavy atom. The summed E-state index contributed by atoms with van der Waals surface area (Å²) < 4.78 is 31.2. The van der Waals surface area contributed by atoms with Gasteiger partial charge >= 0.3 is 5.97 Å². The molecule has 0 atom stereocenters. The number of esters is 1. The van der Waals surface area contributed by atoms with Crippen LogP contribution in [0.4, 0.5) is 0 Å². The largest absolute Gasteiger partial charge is 0.465 e. The molecule has 25 heavy (non-hydrogen) atoms. The Bertz CT molecular complexity index is 936. The highest BCUT2D eigenvalue weighted by molar-refractivity contribution is 7.90. The molecule has 1 amide bonds. The molecular weight excluding hydrogens is 413 g/mol. The molecule has 0 aromatic heterocycles. The molecule has 0 spiro atoms. The van der Waals surface area contributed by atoms with Gasteiger partial charge in [-0.2, -0.15) is 0 Å². The summed E-state index contributed by atoms with van der Waals surface area (Å²) in [5, 5.41) is -0.326. The molecule has 1 N–H and O–H groups in total. The molecular formula is C15H10Cl3NO5S. The predicted molar refractivity (Wildman–Crippen MR) is 93.9 cm³/mol. The number of halogens is 3. The van der Waals surface area contributed by atoms with Crippen LogP contribution in [0.15, 0.2) is 41.3 Å². The van der Waals surface area contributed by atoms with Gasteiger partial charge in [-0.25, -0.2) is 17.9 Å². The summed E-state index contributed by atoms with van der Waals surface area (Å²) in [4.78, 5) is 23.3. The number of benzene rings is 2. The highest BCUT2D eigenvalue weighted by Gasteiger charge is 2.25. The van der Waals surface area contributed by atoms with Crippen LogP contribution < -0.4 is 4.72 Å². The number of ether oxygens (including phenoxy) is 1. The lowest BCUT2D eigenvalue weighted by Gasteiger charge is -2.11. The molecule has 0 aliphatic rings. The first-order chi connectivity index (χ1) is 11.7. The Balaban J connectivity index is 2.36. The third-order valence-corrected chi connectivity index (χ3v) is 5.47. The van der Waals surface area contributed by atoms with Crippen molar-refractivity contribution < 1.29 is 22.7 Å². The van der Waals surface area contributed by atoms with Crippen LogP contribution >= 0.6 is 34.8 Å². The van der Waals surface area contributed by atoms with Gasteiger partial charge in [-0.3, -0.25) is 4.79 Å². The summed E-state index contributed by atoms with van der Waals surface area (Å²) in [6, 6.07) is 7.74. The zero-order chi connectivity index (χ0) is 18.8. The van der Waals surface area contributed by atoms with Crippen LogP contribution in [0.25, 0.3) is 0 Å². The molecule has 0 heterocycles. The number of carbonyl (C=O) groups is 2. The first-order valence-corrected chi connectivity index (χ1v) is 9.17. The van der Waals surface area contributed by atoms with Gasteiger partial charge in [0.2, 0.25) is 0 Å². The van der Waals surface area contributed by atoms with Crippen LogP contribution in [0, 0.1) is 0 Å². The van der Waals surface area contributed by atoms with Crippen LogP contribution in [-0.4, -0.2) is 27.4 Å². The van der Waals surface area contributed by atoms with Crippen molar-refractivity contribution in [2.45, 2.75) is 4.90 Å². The van der Waals surface area contributed by atoms with Crippen LogP contribution in [0.3, 0.4) is 0 Å². The zero-order valence-electron chi connectivity index (χ0n) is 12.5. The SMILES string of the molecule is COC(=O)c1cccc(C(=O)NS(=O)(=O)c2c(Cl)cc(Cl)cc2Cl)c1. The van der Waals surface area contributed by atoms with Crippen LogP contribution in [0.1, 0.15) is 20.7 Å². The number of hydrogen-bond acceptors (Lipinski definition) is 5. The van der Waals surface area contributed by atoms with Crippen molar-refractivity contribution in [1.29, 1.82) is 0 Å². The van der Waals surface area contributed by atoms with Crippen LogP contribution in [-0.2, 0) is 14.8 Å². The molecule has 0 bridgehead atoms. The maximum Gasteiger partial charge on any atom is 0.337 e. The van der Waals surface area contributed by atoms with Gasteiger partial charge < -0.3 is 4.74 Å². The zero-order valence-corrected chi connectivity index (χ0v) is 15.6. The number of methoxy groups -OCH3 is 1. The first kappa shape index (κ1) is 19.5. The standard InChI is InChI=1S/C15H10Cl3NO5S/c1-24-15(21)9-4-2-3-8(5-9)14(20)19-25(22,23)13-11(17)6-10(16)7-12(13)18/h2-7H,1H3,(H,19,20). The van der Waals surface area contributed by atoms with E-state index in [1.807, 2.05) is 4.72 Å². The fraction of sp³-hybridized carbons (Fsp3) is 0.0667. The topological polar surface area (TPSA) is 89.5 Å². The summed E-state index contributed by atoms with van der Waals surface area (Å²) in [7, 11) is -3.18. The number of amides is 1. The second-order valence-electron chi connectivity index (χ2n) is 4.71. The van der Waals surface area contributed by atoms with Crippen LogP contribution in [0.2, 0.25) is 15.1 Å². The highest BCUT2D eigenvalue weighted by Crippen LogP contribution is 2.32. The van der Waals surface area contributed by atoms with Crippen molar-refractivity contribution in [3.05, 3.63) is 62.6 Å². The van der Waals surface area contributed by atoms with Crippen molar-refractivity contribution in [1.82, 2.24) is 4.72 Å². The van der Waals surface area contributed by atoms with Gasteiger partial charge in [0.05, 0.1) is 22.7 Å². The number of rotatable bonds is 4. The Kier molecular flexibility index (Phi) is 5.95. The number of nitrogens with one attached hydrogen (secondary N) is 1. The molecule has 2 aromatic carbocycles. The lowest BCUT2D eigenvalue weighted by molar-refractivity contribution is 0.0600. The molecule has 132 valence electrons. The fourth-order valence-corrected chi connectivity index (χ4v) is 4.44. The summed E-state index contributed by atoms with van der Waals surface area (Å²) in [5.74, 6) is -1.63. The van der Waals surface area contributed by atoms with E-state index in [4.69, 9.17) is 34.8 Å². The molecule has 0 radical (unpaired) electrons. The maximum absolute atomic E-state index is 12.4. The van der Waals surface area contributed by atoms with Crippen molar-refractivity contribution in [3.8, 4) is 0 Å². The van der Waals surface area contributed by atoms with E-state index in [0.717, 1.165) is 0 Å². The van der Waals surface area contributed by atoms with E-state index in [1.165, 1.54) is 43.5 Å². The van der Waals surface area contributed by atoms with Gasteiger partial charge in [-0.1, -0.05) is 40.9 Å². The van der Waals surface area contributed by atoms with E-state index in [1.54, 1.807) is 0 Å². The lowest BCUT2D eigenvalue weighted by atomic mass is 10.1. The minimum Gasteiger partial charge on any atom is -0.465 e. The third kappa shape index (κ3) is 4.43. The highest BCUT2D eigenvalue weighted by atomic mass is 35.5. The summed E-state index contributed by atoms with van der Waals surface area (Å²) in [5.41, 5.74) is 0.0304. The summed E-state index contributed by atoms with van der Waals surface area (Å²) >= 11 is 17.5. The number of carbonyl (C=O) groups excluding carboxylic acids is 2. The molecule has 0 saturated carbocycles. The minimum atomic E-state index is -4.36. The molecule has 0 fully saturated rings. The second-order valence-corrected chi connectivity index (χ2v) is 7.58. The van der Waals surface area contributed by atoms with Gasteiger partial charge in [-0.15, -0.1) is 0 Å². The van der Waals surface area contributed by atoms with E-state index >= 15 is 0 Å². The lowest BCUT2D eigenvalue weighted by Crippen LogP contribution is -2.31. The second kappa shape index (κ2) is 7.61. The maximum atomic E-state index is 12.4. The fourth-order valence-electron chi connectivity index (χ4n) is 1.92. The Morgan fingerprint density at radius 3 is 2.12 bits per heavy atom. The molecule has 0 aliphatic heterocycles. The number of hydrogen-bond donors (Lipinski definition) is 1. The normalized spacial score (nSPS) is 11.0. The van der Waals surface area contributed by atoms with Gasteiger partial charge in [0.25, 0.3) is 15.9 Å². The van der Waals surface area contributed by atoms with E-state index < -0.39 is 26.8 Å². The van der Waals surface area contributed by atoms with E-state index in [0.29, 0.717) is 0 Å². The number of sulfonamides is 1. The smallest absolute Gasteiger partial charge is 0.337 e. The van der Waals surface area contributed by atoms with Gasteiger partial charge in [0, 0.05) is 10.6 Å². The summed E-state index contributed by atoms with van der Waals surface area (Å²) in [6.07, 6.45) is 0. The van der Waals surface area contributed by atoms with Crippen molar-refractivity contribution in [2.75, 3.05) is 7.11 Å². The molecule has 0 aliphatic carbocycles. The molecule has 6 nitrogen and oxygen atoms in total. The van der Waals surface area contributed by atoms with Crippen molar-refractivity contribution in [3.63, 3.8) is 0 Å². The monoisotopic (exact) mass is 421 g/mol.